The first-order chi connectivity index (χ1) is 13.1. The van der Waals surface area contributed by atoms with E-state index in [4.69, 9.17) is 5.73 Å². The molecule has 0 spiro atoms. The maximum Gasteiger partial charge on any atom is 0.272 e. The fraction of sp³-hybridized carbons (Fsp3) is 0. The lowest BCUT2D eigenvalue weighted by atomic mass is 9.95. The monoisotopic (exact) mass is 361 g/mol. The second kappa shape index (κ2) is 5.28. The molecule has 0 unspecified atom stereocenters. The zero-order valence-corrected chi connectivity index (χ0v) is 13.7. The van der Waals surface area contributed by atoms with Crippen molar-refractivity contribution in [1.29, 1.82) is 0 Å². The van der Waals surface area contributed by atoms with Crippen molar-refractivity contribution in [2.75, 3.05) is 5.73 Å². The number of phenols is 1. The minimum Gasteiger partial charge on any atom is -0.506 e. The summed E-state index contributed by atoms with van der Waals surface area (Å²) in [6.45, 7) is 0. The number of phenolic OH excluding ortho intramolecular Hbond substituents is 1. The van der Waals surface area contributed by atoms with E-state index in [2.05, 4.69) is 20.2 Å². The summed E-state index contributed by atoms with van der Waals surface area (Å²) in [5.41, 5.74) is 7.61. The first-order valence-electron chi connectivity index (χ1n) is 8.10. The molecule has 5 aromatic rings. The van der Waals surface area contributed by atoms with Gasteiger partial charge in [-0.3, -0.25) is 14.9 Å². The Labute approximate surface area is 150 Å². The van der Waals surface area contributed by atoms with Gasteiger partial charge in [0, 0.05) is 27.9 Å². The van der Waals surface area contributed by atoms with Crippen molar-refractivity contribution in [1.82, 2.24) is 20.2 Å². The van der Waals surface area contributed by atoms with Crippen LogP contribution in [0.25, 0.3) is 43.8 Å². The van der Waals surface area contributed by atoms with Gasteiger partial charge in [-0.2, -0.15) is 5.10 Å². The Hall–Kier alpha value is -3.94. The molecule has 27 heavy (non-hydrogen) atoms. The zero-order chi connectivity index (χ0) is 18.7. The molecule has 3 aromatic heterocycles. The Morgan fingerprint density at radius 2 is 1.96 bits per heavy atom. The molecule has 3 heterocycles. The molecule has 132 valence electrons. The molecule has 2 aromatic carbocycles. The molecule has 0 atom stereocenters. The van der Waals surface area contributed by atoms with Crippen molar-refractivity contribution in [2.45, 2.75) is 0 Å². The lowest BCUT2D eigenvalue weighted by Crippen LogP contribution is -2.13. The van der Waals surface area contributed by atoms with E-state index in [1.807, 2.05) is 0 Å². The zero-order valence-electron chi connectivity index (χ0n) is 13.7. The maximum absolute atomic E-state index is 14.1. The van der Waals surface area contributed by atoms with Gasteiger partial charge in [0.15, 0.2) is 0 Å². The lowest BCUT2D eigenvalue weighted by molar-refractivity contribution is 0.481. The number of hydrogen-bond donors (Lipinski definition) is 4. The molecular formula is C19H12FN5O2. The molecule has 0 saturated carbocycles. The van der Waals surface area contributed by atoms with Crippen molar-refractivity contribution >= 4 is 38.4 Å². The van der Waals surface area contributed by atoms with Crippen LogP contribution in [0.15, 0.2) is 47.5 Å². The van der Waals surface area contributed by atoms with Gasteiger partial charge in [-0.05, 0) is 29.8 Å². The molecule has 0 bridgehead atoms. The van der Waals surface area contributed by atoms with Crippen LogP contribution >= 0.6 is 0 Å². The average molecular weight is 361 g/mol. The van der Waals surface area contributed by atoms with Gasteiger partial charge in [-0.15, -0.1) is 0 Å². The topological polar surface area (TPSA) is 121 Å². The molecule has 0 fully saturated rings. The van der Waals surface area contributed by atoms with Crippen LogP contribution in [0.4, 0.5) is 10.1 Å². The van der Waals surface area contributed by atoms with Crippen LogP contribution in [0.3, 0.4) is 0 Å². The number of nitrogens with zero attached hydrogens (tertiary/aromatic N) is 2. The summed E-state index contributed by atoms with van der Waals surface area (Å²) >= 11 is 0. The second-order valence-corrected chi connectivity index (χ2v) is 6.21. The third-order valence-electron chi connectivity index (χ3n) is 4.73. The number of nitrogen functional groups attached to an aromatic ring is 1. The number of H-pyrrole nitrogens is 2. The van der Waals surface area contributed by atoms with E-state index in [-0.39, 0.29) is 17.0 Å². The van der Waals surface area contributed by atoms with Crippen molar-refractivity contribution in [2.24, 2.45) is 0 Å². The Balaban J connectivity index is 2.03. The summed E-state index contributed by atoms with van der Waals surface area (Å²) in [6, 6.07) is 7.79. The van der Waals surface area contributed by atoms with Gasteiger partial charge in [0.25, 0.3) is 5.56 Å². The molecule has 0 aliphatic heterocycles. The smallest absolute Gasteiger partial charge is 0.272 e. The quantitative estimate of drug-likeness (QED) is 0.342. The van der Waals surface area contributed by atoms with E-state index in [9.17, 15) is 14.3 Å². The van der Waals surface area contributed by atoms with Crippen LogP contribution in [0, 0.1) is 5.82 Å². The first-order valence-corrected chi connectivity index (χ1v) is 8.10. The first kappa shape index (κ1) is 15.3. The highest BCUT2D eigenvalue weighted by molar-refractivity contribution is 6.15. The van der Waals surface area contributed by atoms with Crippen LogP contribution in [0.5, 0.6) is 5.75 Å². The van der Waals surface area contributed by atoms with Crippen molar-refractivity contribution in [3.05, 3.63) is 58.9 Å². The lowest BCUT2D eigenvalue weighted by Gasteiger charge is -2.13. The predicted octanol–water partition coefficient (Wildman–Crippen LogP) is 3.05. The summed E-state index contributed by atoms with van der Waals surface area (Å²) in [5.74, 6) is -0.507. The standard InChI is InChI=1S/C19H12FN5O2/c20-12-4-3-8(11-7-23-25-17(11)12)14-10-6-13(26)18-9(2-1-5-22-18)16(10)24-19(27)15(14)21/h1-7,26H,21H2,(H,23,25)(H,24,27). The molecule has 0 amide bonds. The molecule has 0 radical (unpaired) electrons. The number of aromatic nitrogens is 4. The largest absolute Gasteiger partial charge is 0.506 e. The number of nitrogens with one attached hydrogen (secondary N) is 2. The Morgan fingerprint density at radius 1 is 1.11 bits per heavy atom. The molecule has 8 heteroatoms. The number of benzene rings is 2. The minimum atomic E-state index is -0.477. The highest BCUT2D eigenvalue weighted by Crippen LogP contribution is 2.40. The van der Waals surface area contributed by atoms with Gasteiger partial charge < -0.3 is 15.8 Å². The summed E-state index contributed by atoms with van der Waals surface area (Å²) in [5, 5.41) is 18.5. The number of hydrogen-bond acceptors (Lipinski definition) is 5. The third kappa shape index (κ3) is 2.03. The Bertz CT molecular complexity index is 1440. The maximum atomic E-state index is 14.1. The van der Waals surface area contributed by atoms with Crippen LogP contribution in [0.1, 0.15) is 0 Å². The Morgan fingerprint density at radius 3 is 2.81 bits per heavy atom. The SMILES string of the molecule is Nc1c(-c2ccc(F)c3[nH]ncc23)c2cc(O)c3ncccc3c2[nH]c1=O. The van der Waals surface area contributed by atoms with E-state index < -0.39 is 11.4 Å². The molecule has 0 aliphatic carbocycles. The number of anilines is 1. The summed E-state index contributed by atoms with van der Waals surface area (Å²) in [4.78, 5) is 19.5. The molecule has 0 saturated heterocycles. The van der Waals surface area contributed by atoms with Crippen LogP contribution in [-0.2, 0) is 0 Å². The number of rotatable bonds is 1. The summed E-state index contributed by atoms with van der Waals surface area (Å²) < 4.78 is 14.1. The van der Waals surface area contributed by atoms with E-state index in [1.165, 1.54) is 18.3 Å². The highest BCUT2D eigenvalue weighted by Gasteiger charge is 2.19. The average Bonchev–Trinajstić information content (AvgIpc) is 3.16. The second-order valence-electron chi connectivity index (χ2n) is 6.21. The van der Waals surface area contributed by atoms with Gasteiger partial charge in [-0.25, -0.2) is 4.39 Å². The summed E-state index contributed by atoms with van der Waals surface area (Å²) in [6.07, 6.45) is 3.03. The van der Waals surface area contributed by atoms with Crippen molar-refractivity contribution < 1.29 is 9.50 Å². The fourth-order valence-corrected chi connectivity index (χ4v) is 3.52. The van der Waals surface area contributed by atoms with Crippen LogP contribution in [0.2, 0.25) is 0 Å². The molecule has 5 rings (SSSR count). The third-order valence-corrected chi connectivity index (χ3v) is 4.73. The number of halogens is 1. The van der Waals surface area contributed by atoms with E-state index >= 15 is 0 Å². The van der Waals surface area contributed by atoms with Crippen molar-refractivity contribution in [3.63, 3.8) is 0 Å². The van der Waals surface area contributed by atoms with Gasteiger partial charge in [0.2, 0.25) is 0 Å². The van der Waals surface area contributed by atoms with Crippen molar-refractivity contribution in [3.8, 4) is 16.9 Å². The minimum absolute atomic E-state index is 0.0285. The highest BCUT2D eigenvalue weighted by atomic mass is 19.1. The number of pyridine rings is 2. The van der Waals surface area contributed by atoms with Crippen LogP contribution < -0.4 is 11.3 Å². The van der Waals surface area contributed by atoms with E-state index in [1.54, 1.807) is 24.4 Å². The van der Waals surface area contributed by atoms with Gasteiger partial charge in [0.05, 0.1) is 11.7 Å². The van der Waals surface area contributed by atoms with Gasteiger partial charge in [-0.1, -0.05) is 6.07 Å². The molecule has 7 nitrogen and oxygen atoms in total. The molecular weight excluding hydrogens is 349 g/mol. The number of fused-ring (bicyclic) bond motifs is 4. The van der Waals surface area contributed by atoms with Gasteiger partial charge >= 0.3 is 0 Å². The number of nitrogens with two attached hydrogens (primary N) is 1. The molecule has 0 aliphatic rings. The normalized spacial score (nSPS) is 11.6. The summed E-state index contributed by atoms with van der Waals surface area (Å²) in [7, 11) is 0. The Kier molecular flexibility index (Phi) is 3.00. The van der Waals surface area contributed by atoms with Gasteiger partial charge in [0.1, 0.15) is 28.3 Å². The van der Waals surface area contributed by atoms with Crippen LogP contribution in [-0.4, -0.2) is 25.3 Å². The van der Waals surface area contributed by atoms with E-state index in [0.717, 1.165) is 0 Å². The number of aromatic amines is 2. The molecule has 5 N–H and O–H groups in total. The predicted molar refractivity (Wildman–Crippen MR) is 101 cm³/mol. The number of aromatic hydroxyl groups is 1. The fourth-order valence-electron chi connectivity index (χ4n) is 3.52. The van der Waals surface area contributed by atoms with E-state index in [0.29, 0.717) is 38.3 Å².